The van der Waals surface area contributed by atoms with Gasteiger partial charge in [-0.2, -0.15) is 0 Å². The summed E-state index contributed by atoms with van der Waals surface area (Å²) in [6.07, 6.45) is 0. The van der Waals surface area contributed by atoms with Crippen LogP contribution in [0.15, 0.2) is 97.1 Å². The first-order valence-corrected chi connectivity index (χ1v) is 11.2. The second-order valence-corrected chi connectivity index (χ2v) is 9.44. The number of benzene rings is 4. The molecular weight excluding hydrogens is 655 g/mol. The monoisotopic (exact) mass is 696 g/mol. The predicted molar refractivity (Wildman–Crippen MR) is 162 cm³/mol. The molecule has 4 nitrogen and oxygen atoms in total. The number of hydrogen-bond acceptors (Lipinski definition) is 4. The van der Waals surface area contributed by atoms with Crippen LogP contribution in [-0.2, 0) is 63.2 Å². The van der Waals surface area contributed by atoms with Gasteiger partial charge in [-0.1, -0.05) is 76.2 Å². The Morgan fingerprint density at radius 1 is 0.325 bits per heavy atom. The molecule has 4 N–H and O–H groups in total. The zero-order valence-electron chi connectivity index (χ0n) is 25.0. The maximum atomic E-state index is 9.30. The van der Waals surface area contributed by atoms with Crippen molar-refractivity contribution in [3.63, 3.8) is 0 Å². The molecule has 0 amide bonds. The second kappa shape index (κ2) is 19.1. The Balaban J connectivity index is -0.000000282. The zero-order valence-corrected chi connectivity index (χ0v) is 29.9. The number of phenols is 4. The molecule has 0 saturated heterocycles. The third-order valence-electron chi connectivity index (χ3n) is 6.36. The average Bonchev–Trinajstić information content (AvgIpc) is 2.81. The topological polar surface area (TPSA) is 80.9 Å². The van der Waals surface area contributed by atoms with Crippen LogP contribution in [0, 0.1) is 29.7 Å². The van der Waals surface area contributed by atoms with Crippen molar-refractivity contribution in [1.82, 2.24) is 0 Å². The summed E-state index contributed by atoms with van der Waals surface area (Å²) in [5.74, 6) is 1.09. The fraction of sp³-hybridized carbons (Fsp3) is 0.176. The molecule has 0 aliphatic heterocycles. The summed E-state index contributed by atoms with van der Waals surface area (Å²) in [7, 11) is 0. The van der Waals surface area contributed by atoms with Gasteiger partial charge in [-0.25, -0.2) is 0 Å². The Labute approximate surface area is 281 Å². The molecule has 4 aromatic carbocycles. The van der Waals surface area contributed by atoms with Crippen molar-refractivity contribution in [3.05, 3.63) is 149 Å². The quantitative estimate of drug-likeness (QED) is 0.161. The molecule has 0 aromatic heterocycles. The van der Waals surface area contributed by atoms with Gasteiger partial charge in [0.25, 0.3) is 0 Å². The van der Waals surface area contributed by atoms with Crippen LogP contribution in [0.4, 0.5) is 0 Å². The molecule has 0 fully saturated rings. The Morgan fingerprint density at radius 2 is 0.450 bits per heavy atom. The number of rotatable bonds is 4. The summed E-state index contributed by atoms with van der Waals surface area (Å²) in [6, 6.07) is 28.9. The van der Waals surface area contributed by atoms with E-state index in [1.807, 2.05) is 48.5 Å². The first kappa shape index (κ1) is 44.9. The molecule has 0 aliphatic rings. The maximum Gasteiger partial charge on any atom is 2.00 e. The second-order valence-electron chi connectivity index (χ2n) is 9.44. The molecular formula is C34H44O4Zr2. The van der Waals surface area contributed by atoms with E-state index in [1.54, 1.807) is 48.5 Å². The van der Waals surface area contributed by atoms with Crippen molar-refractivity contribution in [3.8, 4) is 23.0 Å². The average molecular weight is 699 g/mol. The molecule has 40 heavy (non-hydrogen) atoms. The minimum Gasteiger partial charge on any atom is -0.508 e. The van der Waals surface area contributed by atoms with Crippen molar-refractivity contribution >= 4 is 0 Å². The van der Waals surface area contributed by atoms with E-state index in [0.29, 0.717) is 0 Å². The number of aromatic hydroxyl groups is 4. The van der Waals surface area contributed by atoms with Gasteiger partial charge < -0.3 is 50.1 Å². The van der Waals surface area contributed by atoms with Crippen molar-refractivity contribution in [2.45, 2.75) is 38.5 Å². The summed E-state index contributed by atoms with van der Waals surface area (Å²) in [5, 5.41) is 37.2. The molecule has 4 rings (SSSR count). The molecule has 0 atom stereocenters. The van der Waals surface area contributed by atoms with Gasteiger partial charge in [-0.15, -0.1) is 0 Å². The Kier molecular flexibility index (Phi) is 21.4. The van der Waals surface area contributed by atoms with Gasteiger partial charge in [0.05, 0.1) is 0 Å². The molecule has 0 bridgehead atoms. The standard InChI is InChI=1S/2C15H16O2.4CH3.2Zr/c2*1-15(2,11-3-7-13(16)8-4-11)12-5-9-14(17)10-6-12;;;;;;/h2*3-10,16-17H,1-2H3;4*1H3;;/q;;4*-1;2*+2. The van der Waals surface area contributed by atoms with E-state index in [-0.39, 0.29) is 116 Å². The molecule has 6 heteroatoms. The SMILES string of the molecule is CC(C)(c1ccc(O)cc1)c1ccc(O)cc1.CC(C)(c1ccc(O)cc1)c1ccc(O)cc1.[CH3-].[CH3-].[CH3-].[CH3-].[Zr+2].[Zr+2]. The van der Waals surface area contributed by atoms with Crippen molar-refractivity contribution in [2.75, 3.05) is 0 Å². The maximum absolute atomic E-state index is 9.30. The summed E-state index contributed by atoms with van der Waals surface area (Å²) in [5.41, 5.74) is 4.20. The summed E-state index contributed by atoms with van der Waals surface area (Å²) in [4.78, 5) is 0. The minimum absolute atomic E-state index is 0. The van der Waals surface area contributed by atoms with Gasteiger partial charge in [-0.05, 0) is 70.8 Å². The van der Waals surface area contributed by atoms with Crippen LogP contribution < -0.4 is 0 Å². The third kappa shape index (κ3) is 11.4. The van der Waals surface area contributed by atoms with Crippen LogP contribution >= 0.6 is 0 Å². The van der Waals surface area contributed by atoms with E-state index in [0.717, 1.165) is 22.3 Å². The Hall–Kier alpha value is -2.15. The first-order chi connectivity index (χ1) is 16.0. The predicted octanol–water partition coefficient (Wildman–Crippen LogP) is 8.64. The van der Waals surface area contributed by atoms with Crippen molar-refractivity contribution in [2.24, 2.45) is 0 Å². The van der Waals surface area contributed by atoms with E-state index in [2.05, 4.69) is 27.7 Å². The van der Waals surface area contributed by atoms with Gasteiger partial charge in [-0.3, -0.25) is 0 Å². The molecule has 4 aromatic rings. The fourth-order valence-electron chi connectivity index (χ4n) is 3.85. The van der Waals surface area contributed by atoms with E-state index in [9.17, 15) is 20.4 Å². The fourth-order valence-corrected chi connectivity index (χ4v) is 3.85. The van der Waals surface area contributed by atoms with Crippen LogP contribution in [0.1, 0.15) is 49.9 Å². The van der Waals surface area contributed by atoms with E-state index < -0.39 is 0 Å². The van der Waals surface area contributed by atoms with E-state index in [4.69, 9.17) is 0 Å². The Bertz CT molecular complexity index is 1010. The first-order valence-electron chi connectivity index (χ1n) is 11.2. The van der Waals surface area contributed by atoms with Crippen molar-refractivity contribution in [1.29, 1.82) is 0 Å². The zero-order chi connectivity index (χ0) is 24.9. The number of hydrogen-bond donors (Lipinski definition) is 4. The third-order valence-corrected chi connectivity index (χ3v) is 6.36. The van der Waals surface area contributed by atoms with Gasteiger partial charge in [0.15, 0.2) is 0 Å². The summed E-state index contributed by atoms with van der Waals surface area (Å²) in [6.45, 7) is 8.47. The molecule has 212 valence electrons. The van der Waals surface area contributed by atoms with E-state index in [1.165, 1.54) is 0 Å². The van der Waals surface area contributed by atoms with Crippen LogP contribution in [-0.4, -0.2) is 20.4 Å². The van der Waals surface area contributed by atoms with E-state index >= 15 is 0 Å². The van der Waals surface area contributed by atoms with Crippen LogP contribution in [0.2, 0.25) is 0 Å². The summed E-state index contributed by atoms with van der Waals surface area (Å²) < 4.78 is 0. The van der Waals surface area contributed by atoms with Crippen molar-refractivity contribution < 1.29 is 72.8 Å². The normalized spacial score (nSPS) is 9.70. The minimum atomic E-state index is -0.151. The number of phenolic OH excluding ortho intramolecular Hbond substituents is 4. The van der Waals surface area contributed by atoms with Gasteiger partial charge in [0.2, 0.25) is 0 Å². The molecule has 0 spiro atoms. The summed E-state index contributed by atoms with van der Waals surface area (Å²) >= 11 is 0. The van der Waals surface area contributed by atoms with Gasteiger partial charge >= 0.3 is 52.4 Å². The molecule has 0 radical (unpaired) electrons. The molecule has 0 unspecified atom stereocenters. The van der Waals surface area contributed by atoms with Crippen LogP contribution in [0.5, 0.6) is 23.0 Å². The molecule has 0 aliphatic carbocycles. The largest absolute Gasteiger partial charge is 2.00 e. The van der Waals surface area contributed by atoms with Crippen LogP contribution in [0.25, 0.3) is 0 Å². The molecule has 0 heterocycles. The van der Waals surface area contributed by atoms with Crippen LogP contribution in [0.3, 0.4) is 0 Å². The molecule has 0 saturated carbocycles. The van der Waals surface area contributed by atoms with Gasteiger partial charge in [0.1, 0.15) is 23.0 Å². The Morgan fingerprint density at radius 3 is 0.575 bits per heavy atom. The van der Waals surface area contributed by atoms with Gasteiger partial charge in [0, 0.05) is 10.8 Å². The smallest absolute Gasteiger partial charge is 0.508 e.